The first-order chi connectivity index (χ1) is 22.9. The van der Waals surface area contributed by atoms with E-state index in [-0.39, 0.29) is 29.5 Å². The van der Waals surface area contributed by atoms with Gasteiger partial charge in [0, 0.05) is 51.4 Å². The highest BCUT2D eigenvalue weighted by Gasteiger charge is 2.48. The van der Waals surface area contributed by atoms with Crippen LogP contribution in [-0.4, -0.2) is 101 Å². The standard InChI is InChI=1S/C35H50FN7O5/c1-7-43-28(14-15-37-43)33(45)40-31(29(23-8-9-23)24-10-11-24)34(46)38-27-13-12-25(18-26(27)36)21(3)30(39-32(44)22(4)48-6)35(47)42-17-16-41(5)19-20(42)2/h12-15,18,20-24,29-31H,7-11,16-17,19H2,1-6H3,(H,38,46)(H,39,44)(H,40,45)/t20-,21-,22-,30+,31-/m0/s1. The lowest BCUT2D eigenvalue weighted by molar-refractivity contribution is -0.142. The molecule has 2 saturated carbocycles. The summed E-state index contributed by atoms with van der Waals surface area (Å²) in [6, 6.07) is 4.20. The van der Waals surface area contributed by atoms with Crippen molar-refractivity contribution in [2.45, 2.75) is 90.1 Å². The number of nitrogens with zero attached hydrogens (tertiary/aromatic N) is 4. The van der Waals surface area contributed by atoms with Crippen LogP contribution in [0, 0.1) is 23.6 Å². The summed E-state index contributed by atoms with van der Waals surface area (Å²) in [7, 11) is 3.42. The lowest BCUT2D eigenvalue weighted by atomic mass is 9.88. The van der Waals surface area contributed by atoms with E-state index in [1.807, 2.05) is 20.9 Å². The Balaban J connectivity index is 1.35. The van der Waals surface area contributed by atoms with Crippen molar-refractivity contribution in [1.82, 2.24) is 30.2 Å². The average molecular weight is 668 g/mol. The van der Waals surface area contributed by atoms with Crippen molar-refractivity contribution in [2.75, 3.05) is 39.1 Å². The van der Waals surface area contributed by atoms with Crippen LogP contribution in [0.5, 0.6) is 0 Å². The molecular weight excluding hydrogens is 617 g/mol. The molecular formula is C35H50FN7O5. The second-order valence-electron chi connectivity index (χ2n) is 13.8. The zero-order valence-electron chi connectivity index (χ0n) is 28.9. The molecule has 1 saturated heterocycles. The molecule has 262 valence electrons. The molecule has 0 bridgehead atoms. The predicted octanol–water partition coefficient (Wildman–Crippen LogP) is 3.00. The van der Waals surface area contributed by atoms with Crippen LogP contribution >= 0.6 is 0 Å². The average Bonchev–Trinajstić information content (AvgIpc) is 4.02. The maximum Gasteiger partial charge on any atom is 0.270 e. The maximum absolute atomic E-state index is 15.8. The number of aromatic nitrogens is 2. The maximum atomic E-state index is 15.8. The molecule has 12 nitrogen and oxygen atoms in total. The molecule has 0 spiro atoms. The van der Waals surface area contributed by atoms with Gasteiger partial charge in [0.2, 0.25) is 17.7 Å². The number of aryl methyl sites for hydroxylation is 1. The quantitative estimate of drug-likeness (QED) is 0.282. The van der Waals surface area contributed by atoms with Crippen LogP contribution in [0.3, 0.4) is 0 Å². The molecule has 2 aliphatic carbocycles. The van der Waals surface area contributed by atoms with Gasteiger partial charge in [-0.05, 0) is 95.0 Å². The zero-order chi connectivity index (χ0) is 34.7. The van der Waals surface area contributed by atoms with Gasteiger partial charge in [-0.15, -0.1) is 0 Å². The molecule has 1 aromatic heterocycles. The lowest BCUT2D eigenvalue weighted by Gasteiger charge is -2.41. The number of carbonyl (C=O) groups is 4. The third kappa shape index (κ3) is 8.06. The van der Waals surface area contributed by atoms with Crippen LogP contribution in [0.25, 0.3) is 0 Å². The van der Waals surface area contributed by atoms with Crippen LogP contribution in [0.4, 0.5) is 10.1 Å². The third-order valence-corrected chi connectivity index (χ3v) is 10.2. The van der Waals surface area contributed by atoms with E-state index in [4.69, 9.17) is 4.74 Å². The highest BCUT2D eigenvalue weighted by molar-refractivity contribution is 6.01. The van der Waals surface area contributed by atoms with Crippen LogP contribution < -0.4 is 16.0 Å². The van der Waals surface area contributed by atoms with E-state index in [9.17, 15) is 19.2 Å². The Labute approximate surface area is 282 Å². The van der Waals surface area contributed by atoms with Gasteiger partial charge < -0.3 is 30.5 Å². The minimum atomic E-state index is -0.963. The number of carbonyl (C=O) groups excluding carboxylic acids is 4. The van der Waals surface area contributed by atoms with Crippen LogP contribution in [0.15, 0.2) is 30.5 Å². The fourth-order valence-corrected chi connectivity index (χ4v) is 6.96. The van der Waals surface area contributed by atoms with Crippen molar-refractivity contribution in [3.8, 4) is 0 Å². The smallest absolute Gasteiger partial charge is 0.270 e. The first-order valence-electron chi connectivity index (χ1n) is 17.2. The van der Waals surface area contributed by atoms with E-state index in [1.54, 1.807) is 41.8 Å². The Bertz CT molecular complexity index is 1480. The molecule has 3 N–H and O–H groups in total. The predicted molar refractivity (Wildman–Crippen MR) is 179 cm³/mol. The SMILES string of the molecule is CCn1nccc1C(=O)N[C@H](C(=O)Nc1ccc([C@H](C)[C@@H](NC(=O)[C@H](C)OC)C(=O)N2CCN(C)C[C@@H]2C)cc1F)C(C1CC1)C1CC1. The van der Waals surface area contributed by atoms with E-state index in [1.165, 1.54) is 19.2 Å². The molecule has 3 fully saturated rings. The number of halogens is 1. The summed E-state index contributed by atoms with van der Waals surface area (Å²) in [5, 5.41) is 12.8. The summed E-state index contributed by atoms with van der Waals surface area (Å²) >= 11 is 0. The molecule has 1 aromatic carbocycles. The van der Waals surface area contributed by atoms with Gasteiger partial charge in [0.25, 0.3) is 5.91 Å². The molecule has 4 amide bonds. The van der Waals surface area contributed by atoms with Crippen molar-refractivity contribution in [3.05, 3.63) is 47.5 Å². The van der Waals surface area contributed by atoms with E-state index < -0.39 is 41.7 Å². The molecule has 2 heterocycles. The van der Waals surface area contributed by atoms with Crippen molar-refractivity contribution < 1.29 is 28.3 Å². The van der Waals surface area contributed by atoms with Gasteiger partial charge >= 0.3 is 0 Å². The fourth-order valence-electron chi connectivity index (χ4n) is 6.96. The number of likely N-dealkylation sites (N-methyl/N-ethyl adjacent to an activating group) is 1. The molecule has 48 heavy (non-hydrogen) atoms. The van der Waals surface area contributed by atoms with Crippen LogP contribution in [0.1, 0.15) is 75.3 Å². The number of rotatable bonds is 14. The summed E-state index contributed by atoms with van der Waals surface area (Å²) < 4.78 is 22.6. The molecule has 0 radical (unpaired) electrons. The summed E-state index contributed by atoms with van der Waals surface area (Å²) in [5.41, 5.74) is 0.835. The molecule has 13 heteroatoms. The highest BCUT2D eigenvalue weighted by atomic mass is 19.1. The number of hydrogen-bond donors (Lipinski definition) is 3. The Hall–Kier alpha value is -3.84. The first kappa shape index (κ1) is 35.5. The van der Waals surface area contributed by atoms with Gasteiger partial charge in [0.05, 0.1) is 5.69 Å². The molecule has 1 aliphatic heterocycles. The second-order valence-corrected chi connectivity index (χ2v) is 13.8. The summed E-state index contributed by atoms with van der Waals surface area (Å²) in [6.07, 6.45) is 4.78. The number of amides is 4. The number of ether oxygens (including phenoxy) is 1. The monoisotopic (exact) mass is 667 g/mol. The Morgan fingerprint density at radius 3 is 2.27 bits per heavy atom. The van der Waals surface area contributed by atoms with Crippen LogP contribution in [-0.2, 0) is 25.7 Å². The molecule has 2 aromatic rings. The third-order valence-electron chi connectivity index (χ3n) is 10.2. The number of piperazine rings is 1. The van der Waals surface area contributed by atoms with Crippen LogP contribution in [0.2, 0.25) is 0 Å². The van der Waals surface area contributed by atoms with Gasteiger partial charge in [-0.3, -0.25) is 23.9 Å². The van der Waals surface area contributed by atoms with Gasteiger partial charge in [-0.2, -0.15) is 5.10 Å². The summed E-state index contributed by atoms with van der Waals surface area (Å²) in [4.78, 5) is 57.9. The summed E-state index contributed by atoms with van der Waals surface area (Å²) in [6.45, 7) is 9.65. The minimum absolute atomic E-state index is 0.0215. The number of nitrogens with one attached hydrogen (secondary N) is 3. The second kappa shape index (κ2) is 15.1. The number of benzene rings is 1. The van der Waals surface area contributed by atoms with Gasteiger partial charge in [-0.25, -0.2) is 4.39 Å². The fraction of sp³-hybridized carbons (Fsp3) is 0.629. The van der Waals surface area contributed by atoms with Gasteiger partial charge in [0.1, 0.15) is 29.7 Å². The number of hydrogen-bond acceptors (Lipinski definition) is 7. The van der Waals surface area contributed by atoms with Crippen molar-refractivity contribution >= 4 is 29.3 Å². The molecule has 5 rings (SSSR count). The normalized spacial score (nSPS) is 20.9. The van der Waals surface area contributed by atoms with Gasteiger partial charge in [0.15, 0.2) is 0 Å². The van der Waals surface area contributed by atoms with E-state index in [0.717, 1.165) is 25.7 Å². The highest BCUT2D eigenvalue weighted by Crippen LogP contribution is 2.51. The zero-order valence-corrected chi connectivity index (χ0v) is 28.9. The van der Waals surface area contributed by atoms with Crippen molar-refractivity contribution in [1.29, 1.82) is 0 Å². The molecule has 3 aliphatic rings. The summed E-state index contributed by atoms with van der Waals surface area (Å²) in [5.74, 6) is -2.16. The molecule has 0 unspecified atom stereocenters. The van der Waals surface area contributed by atoms with Gasteiger partial charge in [-0.1, -0.05) is 13.0 Å². The first-order valence-corrected chi connectivity index (χ1v) is 17.2. The van der Waals surface area contributed by atoms with Crippen molar-refractivity contribution in [2.24, 2.45) is 17.8 Å². The van der Waals surface area contributed by atoms with E-state index in [0.29, 0.717) is 49.3 Å². The van der Waals surface area contributed by atoms with E-state index in [2.05, 4.69) is 25.9 Å². The lowest BCUT2D eigenvalue weighted by Crippen LogP contribution is -2.59. The Morgan fingerprint density at radius 1 is 1.00 bits per heavy atom. The Kier molecular flexibility index (Phi) is 11.2. The molecule has 5 atom stereocenters. The van der Waals surface area contributed by atoms with E-state index >= 15 is 4.39 Å². The largest absolute Gasteiger partial charge is 0.372 e. The topological polar surface area (TPSA) is 138 Å². The number of anilines is 1. The Morgan fingerprint density at radius 2 is 1.69 bits per heavy atom. The number of methoxy groups -OCH3 is 1. The minimum Gasteiger partial charge on any atom is -0.372 e. The van der Waals surface area contributed by atoms with Crippen molar-refractivity contribution in [3.63, 3.8) is 0 Å².